The summed E-state index contributed by atoms with van der Waals surface area (Å²) in [5.41, 5.74) is 2.21. The number of hydrogen-bond donors (Lipinski definition) is 1. The molecule has 1 N–H and O–H groups in total. The van der Waals surface area contributed by atoms with Gasteiger partial charge in [-0.3, -0.25) is 9.10 Å². The average molecular weight is 455 g/mol. The third-order valence-electron chi connectivity index (χ3n) is 4.73. The van der Waals surface area contributed by atoms with Crippen molar-refractivity contribution in [3.63, 3.8) is 0 Å². The molecule has 32 heavy (non-hydrogen) atoms. The molecule has 168 valence electrons. The second-order valence-corrected chi connectivity index (χ2v) is 8.93. The van der Waals surface area contributed by atoms with Crippen molar-refractivity contribution in [1.29, 1.82) is 0 Å². The summed E-state index contributed by atoms with van der Waals surface area (Å²) in [5, 5.41) is 2.82. The van der Waals surface area contributed by atoms with Gasteiger partial charge in [0.2, 0.25) is 10.0 Å². The van der Waals surface area contributed by atoms with E-state index in [1.165, 1.54) is 11.4 Å². The number of nitrogens with one attached hydrogen (secondary N) is 1. The summed E-state index contributed by atoms with van der Waals surface area (Å²) in [4.78, 5) is 12.6. The SMILES string of the molecule is CCOc1ccccc1N(Cc1ccc(C(=O)Nc2ccccc2OC)cc1)S(C)(=O)=O. The highest BCUT2D eigenvalue weighted by atomic mass is 32.2. The molecule has 0 fully saturated rings. The van der Waals surface area contributed by atoms with Gasteiger partial charge in [0.25, 0.3) is 5.91 Å². The summed E-state index contributed by atoms with van der Waals surface area (Å²) < 4.78 is 37.2. The summed E-state index contributed by atoms with van der Waals surface area (Å²) in [6, 6.07) is 20.9. The van der Waals surface area contributed by atoms with Crippen molar-refractivity contribution in [2.45, 2.75) is 13.5 Å². The van der Waals surface area contributed by atoms with Crippen LogP contribution in [0.4, 0.5) is 11.4 Å². The third kappa shape index (κ3) is 5.59. The lowest BCUT2D eigenvalue weighted by Gasteiger charge is -2.24. The maximum absolute atomic E-state index is 12.6. The van der Waals surface area contributed by atoms with Gasteiger partial charge in [-0.05, 0) is 48.9 Å². The van der Waals surface area contributed by atoms with Gasteiger partial charge >= 0.3 is 0 Å². The Morgan fingerprint density at radius 3 is 2.19 bits per heavy atom. The molecule has 1 amide bonds. The van der Waals surface area contributed by atoms with Gasteiger partial charge in [0.15, 0.2) is 0 Å². The first-order valence-corrected chi connectivity index (χ1v) is 11.9. The minimum absolute atomic E-state index is 0.108. The second-order valence-electron chi connectivity index (χ2n) is 7.02. The number of amides is 1. The van der Waals surface area contributed by atoms with Gasteiger partial charge in [-0.15, -0.1) is 0 Å². The van der Waals surface area contributed by atoms with Crippen molar-refractivity contribution in [1.82, 2.24) is 0 Å². The van der Waals surface area contributed by atoms with Crippen molar-refractivity contribution in [2.24, 2.45) is 0 Å². The molecule has 0 heterocycles. The highest BCUT2D eigenvalue weighted by molar-refractivity contribution is 7.92. The van der Waals surface area contributed by atoms with E-state index >= 15 is 0 Å². The molecule has 8 heteroatoms. The van der Waals surface area contributed by atoms with E-state index in [9.17, 15) is 13.2 Å². The van der Waals surface area contributed by atoms with Crippen molar-refractivity contribution < 1.29 is 22.7 Å². The molecular weight excluding hydrogens is 428 g/mol. The molecule has 0 radical (unpaired) electrons. The molecule has 0 unspecified atom stereocenters. The Hall–Kier alpha value is -3.52. The zero-order valence-electron chi connectivity index (χ0n) is 18.2. The standard InChI is InChI=1S/C24H26N2O5S/c1-4-31-23-12-8-6-10-21(23)26(32(3,28)29)17-18-13-15-19(16-14-18)24(27)25-20-9-5-7-11-22(20)30-2/h5-16H,4,17H2,1-3H3,(H,25,27). The minimum atomic E-state index is -3.57. The lowest BCUT2D eigenvalue weighted by Crippen LogP contribution is -2.29. The molecule has 0 aromatic heterocycles. The topological polar surface area (TPSA) is 84.9 Å². The zero-order chi connectivity index (χ0) is 23.1. The third-order valence-corrected chi connectivity index (χ3v) is 5.86. The van der Waals surface area contributed by atoms with E-state index in [2.05, 4.69) is 5.32 Å². The lowest BCUT2D eigenvalue weighted by atomic mass is 10.1. The maximum atomic E-state index is 12.6. The monoisotopic (exact) mass is 454 g/mol. The zero-order valence-corrected chi connectivity index (χ0v) is 19.1. The minimum Gasteiger partial charge on any atom is -0.495 e. The Labute approximate surface area is 188 Å². The Morgan fingerprint density at radius 1 is 0.938 bits per heavy atom. The fourth-order valence-electron chi connectivity index (χ4n) is 3.19. The number of para-hydroxylation sites is 4. The number of benzene rings is 3. The normalized spacial score (nSPS) is 11.0. The van der Waals surface area contributed by atoms with Crippen molar-refractivity contribution in [3.05, 3.63) is 83.9 Å². The Bertz CT molecular complexity index is 1180. The van der Waals surface area contributed by atoms with Crippen molar-refractivity contribution in [3.8, 4) is 11.5 Å². The fourth-order valence-corrected chi connectivity index (χ4v) is 4.08. The molecule has 7 nitrogen and oxygen atoms in total. The first kappa shape index (κ1) is 23.1. The quantitative estimate of drug-likeness (QED) is 0.521. The molecular formula is C24H26N2O5S. The van der Waals surface area contributed by atoms with E-state index in [4.69, 9.17) is 9.47 Å². The highest BCUT2D eigenvalue weighted by Crippen LogP contribution is 2.31. The van der Waals surface area contributed by atoms with Crippen LogP contribution in [0.2, 0.25) is 0 Å². The lowest BCUT2D eigenvalue weighted by molar-refractivity contribution is 0.102. The largest absolute Gasteiger partial charge is 0.495 e. The Kier molecular flexibility index (Phi) is 7.37. The van der Waals surface area contributed by atoms with Gasteiger partial charge in [-0.1, -0.05) is 36.4 Å². The van der Waals surface area contributed by atoms with Gasteiger partial charge in [-0.2, -0.15) is 0 Å². The van der Waals surface area contributed by atoms with Gasteiger partial charge < -0.3 is 14.8 Å². The first-order chi connectivity index (χ1) is 15.3. The van der Waals surface area contributed by atoms with Crippen LogP contribution in [0.1, 0.15) is 22.8 Å². The molecule has 3 aromatic rings. The predicted octanol–water partition coefficient (Wildman–Crippen LogP) is 4.31. The summed E-state index contributed by atoms with van der Waals surface area (Å²) in [5.74, 6) is 0.769. The van der Waals surface area contributed by atoms with Crippen LogP contribution in [-0.2, 0) is 16.6 Å². The van der Waals surface area contributed by atoms with Crippen LogP contribution in [0.25, 0.3) is 0 Å². The molecule has 0 saturated heterocycles. The van der Waals surface area contributed by atoms with Crippen molar-refractivity contribution in [2.75, 3.05) is 29.6 Å². The van der Waals surface area contributed by atoms with Gasteiger partial charge in [0.1, 0.15) is 11.5 Å². The van der Waals surface area contributed by atoms with E-state index in [-0.39, 0.29) is 12.5 Å². The number of ether oxygens (including phenoxy) is 2. The number of sulfonamides is 1. The molecule has 3 rings (SSSR count). The van der Waals surface area contributed by atoms with Crippen LogP contribution < -0.4 is 19.1 Å². The van der Waals surface area contributed by atoms with Gasteiger partial charge in [-0.25, -0.2) is 8.42 Å². The van der Waals surface area contributed by atoms with E-state index in [1.807, 2.05) is 13.0 Å². The molecule has 0 aliphatic heterocycles. The fraction of sp³-hybridized carbons (Fsp3) is 0.208. The van der Waals surface area contributed by atoms with Crippen LogP contribution >= 0.6 is 0 Å². The number of nitrogens with zero attached hydrogens (tertiary/aromatic N) is 1. The maximum Gasteiger partial charge on any atom is 0.255 e. The Balaban J connectivity index is 1.81. The van der Waals surface area contributed by atoms with Crippen LogP contribution in [0.5, 0.6) is 11.5 Å². The van der Waals surface area contributed by atoms with Crippen molar-refractivity contribution >= 4 is 27.3 Å². The summed E-state index contributed by atoms with van der Waals surface area (Å²) >= 11 is 0. The predicted molar refractivity (Wildman–Crippen MR) is 126 cm³/mol. The number of anilines is 2. The second kappa shape index (κ2) is 10.2. The average Bonchev–Trinajstić information content (AvgIpc) is 2.78. The molecule has 0 aliphatic carbocycles. The van der Waals surface area contributed by atoms with Gasteiger partial charge in [0, 0.05) is 5.56 Å². The van der Waals surface area contributed by atoms with E-state index in [0.717, 1.165) is 11.8 Å². The smallest absolute Gasteiger partial charge is 0.255 e. The van der Waals surface area contributed by atoms with E-state index in [0.29, 0.717) is 35.0 Å². The van der Waals surface area contributed by atoms with Crippen LogP contribution in [0, 0.1) is 0 Å². The number of carbonyl (C=O) groups is 1. The first-order valence-electron chi connectivity index (χ1n) is 10.1. The van der Waals surface area contributed by atoms with E-state index < -0.39 is 10.0 Å². The summed E-state index contributed by atoms with van der Waals surface area (Å²) in [7, 11) is -2.03. The van der Waals surface area contributed by atoms with Crippen LogP contribution in [0.15, 0.2) is 72.8 Å². The van der Waals surface area contributed by atoms with E-state index in [1.54, 1.807) is 66.7 Å². The molecule has 3 aromatic carbocycles. The molecule has 0 atom stereocenters. The Morgan fingerprint density at radius 2 is 1.56 bits per heavy atom. The number of hydrogen-bond acceptors (Lipinski definition) is 5. The molecule has 0 spiro atoms. The number of carbonyl (C=O) groups excluding carboxylic acids is 1. The number of rotatable bonds is 9. The number of methoxy groups -OCH3 is 1. The molecule has 0 bridgehead atoms. The highest BCUT2D eigenvalue weighted by Gasteiger charge is 2.21. The van der Waals surface area contributed by atoms with Crippen LogP contribution in [-0.4, -0.2) is 34.3 Å². The molecule has 0 saturated carbocycles. The summed E-state index contributed by atoms with van der Waals surface area (Å²) in [6.07, 6.45) is 1.16. The van der Waals surface area contributed by atoms with Crippen LogP contribution in [0.3, 0.4) is 0 Å². The molecule has 0 aliphatic rings. The summed E-state index contributed by atoms with van der Waals surface area (Å²) in [6.45, 7) is 2.37. The van der Waals surface area contributed by atoms with Gasteiger partial charge in [0.05, 0.1) is 37.9 Å².